The summed E-state index contributed by atoms with van der Waals surface area (Å²) in [6.07, 6.45) is 2.46. The minimum Gasteiger partial charge on any atom is -0.434 e. The van der Waals surface area contributed by atoms with Crippen molar-refractivity contribution in [3.8, 4) is 5.75 Å². The van der Waals surface area contributed by atoms with E-state index in [1.807, 2.05) is 11.0 Å². The predicted octanol–water partition coefficient (Wildman–Crippen LogP) is 3.38. The van der Waals surface area contributed by atoms with Crippen molar-refractivity contribution in [2.45, 2.75) is 19.8 Å². The summed E-state index contributed by atoms with van der Waals surface area (Å²) in [5.41, 5.74) is 2.78. The van der Waals surface area contributed by atoms with Gasteiger partial charge in [0.15, 0.2) is 0 Å². The molecule has 0 aliphatic carbocycles. The largest absolute Gasteiger partial charge is 0.513 e. The van der Waals surface area contributed by atoms with Gasteiger partial charge in [-0.25, -0.2) is 9.78 Å². The summed E-state index contributed by atoms with van der Waals surface area (Å²) in [7, 11) is 0. The number of carbonyl (C=O) groups is 3. The summed E-state index contributed by atoms with van der Waals surface area (Å²) >= 11 is 0. The van der Waals surface area contributed by atoms with E-state index >= 15 is 0 Å². The van der Waals surface area contributed by atoms with Gasteiger partial charge in [-0.15, -0.1) is 0 Å². The summed E-state index contributed by atoms with van der Waals surface area (Å²) < 4.78 is 9.75. The maximum atomic E-state index is 12.8. The summed E-state index contributed by atoms with van der Waals surface area (Å²) in [4.78, 5) is 45.6. The molecule has 2 heterocycles. The van der Waals surface area contributed by atoms with E-state index in [-0.39, 0.29) is 18.4 Å². The van der Waals surface area contributed by atoms with Gasteiger partial charge in [-0.05, 0) is 68.1 Å². The van der Waals surface area contributed by atoms with Crippen molar-refractivity contribution in [3.05, 3.63) is 59.9 Å². The van der Waals surface area contributed by atoms with Gasteiger partial charge < -0.3 is 24.7 Å². The average Bonchev–Trinajstić information content (AvgIpc) is 3.31. The number of amides is 2. The van der Waals surface area contributed by atoms with E-state index in [0.29, 0.717) is 42.4 Å². The Morgan fingerprint density at radius 3 is 2.55 bits per heavy atom. The Hall–Kier alpha value is -3.88. The number of fused-ring (bicyclic) bond motifs is 1. The van der Waals surface area contributed by atoms with Crippen molar-refractivity contribution >= 4 is 29.0 Å². The fourth-order valence-corrected chi connectivity index (χ4v) is 3.85. The topological polar surface area (TPSA) is 114 Å². The number of benzene rings is 2. The molecule has 1 saturated heterocycles. The summed E-state index contributed by atoms with van der Waals surface area (Å²) in [6.45, 7) is 3.75. The Labute approximate surface area is 191 Å². The highest BCUT2D eigenvalue weighted by Crippen LogP contribution is 2.20. The number of H-pyrrole nitrogens is 1. The molecule has 172 valence electrons. The van der Waals surface area contributed by atoms with E-state index in [2.05, 4.69) is 15.3 Å². The number of nitrogens with one attached hydrogen (secondary N) is 2. The quantitative estimate of drug-likeness (QED) is 0.440. The number of likely N-dealkylation sites (tertiary alicyclic amines) is 1. The minimum absolute atomic E-state index is 0.0620. The Morgan fingerprint density at radius 2 is 1.82 bits per heavy atom. The van der Waals surface area contributed by atoms with Crippen molar-refractivity contribution in [1.82, 2.24) is 20.2 Å². The summed E-state index contributed by atoms with van der Waals surface area (Å²) in [5, 5.41) is 3.00. The molecule has 0 saturated carbocycles. The van der Waals surface area contributed by atoms with Crippen LogP contribution in [0.2, 0.25) is 0 Å². The molecule has 2 N–H and O–H groups in total. The van der Waals surface area contributed by atoms with Gasteiger partial charge in [0.2, 0.25) is 0 Å². The van der Waals surface area contributed by atoms with Crippen LogP contribution in [0.5, 0.6) is 5.75 Å². The molecule has 4 rings (SSSR count). The van der Waals surface area contributed by atoms with E-state index in [0.717, 1.165) is 23.9 Å². The minimum atomic E-state index is -0.771. The second kappa shape index (κ2) is 10.2. The lowest BCUT2D eigenvalue weighted by atomic mass is 9.96. The van der Waals surface area contributed by atoms with Crippen LogP contribution in [-0.2, 0) is 4.74 Å². The number of ether oxygens (including phenoxy) is 2. The normalized spacial score (nSPS) is 14.2. The molecule has 3 aromatic rings. The first-order valence-electron chi connectivity index (χ1n) is 11.0. The van der Waals surface area contributed by atoms with E-state index in [9.17, 15) is 14.4 Å². The zero-order valence-corrected chi connectivity index (χ0v) is 18.4. The summed E-state index contributed by atoms with van der Waals surface area (Å²) in [5.74, 6) is 0.462. The van der Waals surface area contributed by atoms with Gasteiger partial charge in [0.05, 0.1) is 24.0 Å². The van der Waals surface area contributed by atoms with Crippen molar-refractivity contribution in [2.24, 2.45) is 5.92 Å². The Morgan fingerprint density at radius 1 is 1.09 bits per heavy atom. The number of imidazole rings is 1. The number of piperidine rings is 1. The van der Waals surface area contributed by atoms with Crippen LogP contribution in [-0.4, -0.2) is 59.1 Å². The van der Waals surface area contributed by atoms with Gasteiger partial charge in [-0.3, -0.25) is 9.59 Å². The number of rotatable bonds is 6. The van der Waals surface area contributed by atoms with Gasteiger partial charge in [0, 0.05) is 30.8 Å². The molecule has 0 atom stereocenters. The zero-order chi connectivity index (χ0) is 23.2. The monoisotopic (exact) mass is 450 g/mol. The molecule has 1 fully saturated rings. The second-order valence-electron chi connectivity index (χ2n) is 7.89. The molecule has 9 heteroatoms. The lowest BCUT2D eigenvalue weighted by molar-refractivity contribution is 0.0684. The first-order chi connectivity index (χ1) is 16.0. The van der Waals surface area contributed by atoms with Crippen LogP contribution in [0.15, 0.2) is 48.8 Å². The number of aromatic amines is 1. The first kappa shape index (κ1) is 22.3. The number of nitrogens with zero attached hydrogens (tertiary/aromatic N) is 2. The predicted molar refractivity (Wildman–Crippen MR) is 121 cm³/mol. The SMILES string of the molecule is CCOC(=O)Oc1ccc(C(=O)N2CCC(CNC(=O)c3ccc4nc[nH]c4c3)CC2)cc1. The van der Waals surface area contributed by atoms with Crippen LogP contribution in [0.25, 0.3) is 11.0 Å². The molecule has 2 amide bonds. The third kappa shape index (κ3) is 5.49. The molecule has 0 radical (unpaired) electrons. The fraction of sp³-hybridized carbons (Fsp3) is 0.333. The van der Waals surface area contributed by atoms with E-state index < -0.39 is 6.16 Å². The van der Waals surface area contributed by atoms with Crippen LogP contribution in [0.1, 0.15) is 40.5 Å². The van der Waals surface area contributed by atoms with Crippen LogP contribution in [0.4, 0.5) is 4.79 Å². The smallest absolute Gasteiger partial charge is 0.434 e. The Bertz CT molecular complexity index is 1130. The van der Waals surface area contributed by atoms with Gasteiger partial charge >= 0.3 is 6.16 Å². The van der Waals surface area contributed by atoms with Crippen LogP contribution >= 0.6 is 0 Å². The molecule has 33 heavy (non-hydrogen) atoms. The molecule has 0 bridgehead atoms. The van der Waals surface area contributed by atoms with Gasteiger partial charge in [0.1, 0.15) is 5.75 Å². The molecule has 0 unspecified atom stereocenters. The van der Waals surface area contributed by atoms with Crippen molar-refractivity contribution in [1.29, 1.82) is 0 Å². The number of carbonyl (C=O) groups excluding carboxylic acids is 3. The molecule has 1 aromatic heterocycles. The molecule has 0 spiro atoms. The van der Waals surface area contributed by atoms with E-state index in [1.54, 1.807) is 49.6 Å². The third-order valence-electron chi connectivity index (χ3n) is 5.70. The van der Waals surface area contributed by atoms with Crippen LogP contribution in [0, 0.1) is 5.92 Å². The van der Waals surface area contributed by atoms with Crippen LogP contribution in [0.3, 0.4) is 0 Å². The van der Waals surface area contributed by atoms with Crippen molar-refractivity contribution < 1.29 is 23.9 Å². The molecule has 9 nitrogen and oxygen atoms in total. The number of hydrogen-bond acceptors (Lipinski definition) is 6. The molecule has 1 aliphatic heterocycles. The Kier molecular flexibility index (Phi) is 6.87. The third-order valence-corrected chi connectivity index (χ3v) is 5.70. The highest BCUT2D eigenvalue weighted by atomic mass is 16.7. The molecule has 1 aliphatic rings. The van der Waals surface area contributed by atoms with Gasteiger partial charge in [-0.1, -0.05) is 0 Å². The van der Waals surface area contributed by atoms with Gasteiger partial charge in [0.25, 0.3) is 11.8 Å². The Balaban J connectivity index is 1.24. The zero-order valence-electron chi connectivity index (χ0n) is 18.4. The van der Waals surface area contributed by atoms with E-state index in [1.165, 1.54) is 0 Å². The second-order valence-corrected chi connectivity index (χ2v) is 7.89. The number of aromatic nitrogens is 2. The average molecular weight is 450 g/mol. The lowest BCUT2D eigenvalue weighted by Gasteiger charge is -2.32. The maximum Gasteiger partial charge on any atom is 0.513 e. The fourth-order valence-electron chi connectivity index (χ4n) is 3.85. The van der Waals surface area contributed by atoms with E-state index in [4.69, 9.17) is 9.47 Å². The number of hydrogen-bond donors (Lipinski definition) is 2. The van der Waals surface area contributed by atoms with Crippen molar-refractivity contribution in [2.75, 3.05) is 26.2 Å². The highest BCUT2D eigenvalue weighted by Gasteiger charge is 2.24. The first-order valence-corrected chi connectivity index (χ1v) is 11.0. The summed E-state index contributed by atoms with van der Waals surface area (Å²) in [6, 6.07) is 11.8. The molecular formula is C24H26N4O5. The van der Waals surface area contributed by atoms with Crippen LogP contribution < -0.4 is 10.1 Å². The maximum absolute atomic E-state index is 12.8. The van der Waals surface area contributed by atoms with Gasteiger partial charge in [-0.2, -0.15) is 0 Å². The molecule has 2 aromatic carbocycles. The lowest BCUT2D eigenvalue weighted by Crippen LogP contribution is -2.41. The van der Waals surface area contributed by atoms with Crippen molar-refractivity contribution in [3.63, 3.8) is 0 Å². The molecular weight excluding hydrogens is 424 g/mol. The standard InChI is InChI=1S/C24H26N4O5/c1-2-32-24(31)33-19-6-3-17(4-7-19)23(30)28-11-9-16(10-12-28)14-25-22(29)18-5-8-20-21(13-18)27-15-26-20/h3-8,13,15-16H,2,9-12,14H2,1H3,(H,25,29)(H,26,27). The highest BCUT2D eigenvalue weighted by molar-refractivity contribution is 5.97.